The molecule has 3 heterocycles. The number of hydrogen-bond donors (Lipinski definition) is 2. The third kappa shape index (κ3) is 3.00. The Bertz CT molecular complexity index is 591. The minimum absolute atomic E-state index is 0.0531. The zero-order valence-corrected chi connectivity index (χ0v) is 12.1. The summed E-state index contributed by atoms with van der Waals surface area (Å²) in [7, 11) is 1.97. The highest BCUT2D eigenvalue weighted by Crippen LogP contribution is 2.32. The molecule has 0 saturated carbocycles. The van der Waals surface area contributed by atoms with Crippen LogP contribution >= 0.6 is 0 Å². The van der Waals surface area contributed by atoms with Gasteiger partial charge in [-0.2, -0.15) is 0 Å². The molecule has 0 unspecified atom stereocenters. The van der Waals surface area contributed by atoms with E-state index in [1.807, 2.05) is 23.9 Å². The van der Waals surface area contributed by atoms with Gasteiger partial charge >= 0.3 is 0 Å². The summed E-state index contributed by atoms with van der Waals surface area (Å²) in [5, 5.41) is 2.98. The normalized spacial score (nSPS) is 22.1. The number of aromatic nitrogens is 3. The van der Waals surface area contributed by atoms with E-state index in [0.717, 1.165) is 25.3 Å². The highest BCUT2D eigenvalue weighted by Gasteiger charge is 2.30. The Morgan fingerprint density at radius 2 is 2.52 bits per heavy atom. The van der Waals surface area contributed by atoms with E-state index in [9.17, 15) is 4.79 Å². The molecule has 21 heavy (non-hydrogen) atoms. The zero-order chi connectivity index (χ0) is 14.7. The van der Waals surface area contributed by atoms with Gasteiger partial charge in [0.1, 0.15) is 17.6 Å². The first-order chi connectivity index (χ1) is 10.3. The Morgan fingerprint density at radius 3 is 3.24 bits per heavy atom. The van der Waals surface area contributed by atoms with E-state index in [0.29, 0.717) is 12.2 Å². The first-order valence-corrected chi connectivity index (χ1v) is 7.26. The minimum atomic E-state index is -0.0795. The minimum Gasteiger partial charge on any atom is -0.370 e. The zero-order valence-electron chi connectivity index (χ0n) is 12.1. The van der Waals surface area contributed by atoms with Crippen molar-refractivity contribution in [1.29, 1.82) is 0 Å². The second-order valence-electron chi connectivity index (χ2n) is 5.38. The van der Waals surface area contributed by atoms with Crippen LogP contribution in [0.1, 0.15) is 35.3 Å². The number of ether oxygens (including phenoxy) is 1. The number of carbonyl (C=O) groups is 1. The molecule has 2 aromatic heterocycles. The maximum absolute atomic E-state index is 12.0. The molecule has 1 amide bonds. The molecule has 1 saturated heterocycles. The largest absolute Gasteiger partial charge is 0.370 e. The topological polar surface area (TPSA) is 71.9 Å². The molecule has 6 heteroatoms. The number of hydrogen-bond acceptors (Lipinski definition) is 3. The van der Waals surface area contributed by atoms with E-state index in [1.54, 1.807) is 18.5 Å². The van der Waals surface area contributed by atoms with Crippen molar-refractivity contribution >= 4 is 5.91 Å². The van der Waals surface area contributed by atoms with Gasteiger partial charge in [0.05, 0.1) is 0 Å². The molecule has 0 spiro atoms. The van der Waals surface area contributed by atoms with Crippen LogP contribution in [0.25, 0.3) is 0 Å². The van der Waals surface area contributed by atoms with Crippen LogP contribution in [0.3, 0.4) is 0 Å². The van der Waals surface area contributed by atoms with Gasteiger partial charge in [-0.25, -0.2) is 4.98 Å². The number of nitrogens with one attached hydrogen (secondary N) is 2. The Balaban J connectivity index is 1.65. The number of amides is 1. The quantitative estimate of drug-likeness (QED) is 0.898. The summed E-state index contributed by atoms with van der Waals surface area (Å²) in [6, 6.07) is 3.58. The number of aromatic amines is 1. The fourth-order valence-electron chi connectivity index (χ4n) is 2.78. The Hall–Kier alpha value is -2.08. The van der Waals surface area contributed by atoms with Crippen LogP contribution < -0.4 is 5.32 Å². The van der Waals surface area contributed by atoms with E-state index in [4.69, 9.17) is 4.74 Å². The van der Waals surface area contributed by atoms with Gasteiger partial charge in [0.15, 0.2) is 0 Å². The number of nitrogens with zero attached hydrogens (tertiary/aromatic N) is 2. The van der Waals surface area contributed by atoms with Crippen LogP contribution in [-0.2, 0) is 11.8 Å². The molecular weight excluding hydrogens is 268 g/mol. The van der Waals surface area contributed by atoms with Crippen molar-refractivity contribution in [3.05, 3.63) is 42.2 Å². The Kier molecular flexibility index (Phi) is 4.06. The van der Waals surface area contributed by atoms with Crippen molar-refractivity contribution in [2.45, 2.75) is 18.9 Å². The van der Waals surface area contributed by atoms with Crippen molar-refractivity contribution in [1.82, 2.24) is 19.9 Å². The van der Waals surface area contributed by atoms with Crippen LogP contribution in [0.2, 0.25) is 0 Å². The van der Waals surface area contributed by atoms with E-state index >= 15 is 0 Å². The third-order valence-corrected chi connectivity index (χ3v) is 3.93. The highest BCUT2D eigenvalue weighted by molar-refractivity contribution is 5.92. The average Bonchev–Trinajstić information content (AvgIpc) is 3.16. The van der Waals surface area contributed by atoms with Gasteiger partial charge in [0.25, 0.3) is 5.91 Å². The summed E-state index contributed by atoms with van der Waals surface area (Å²) >= 11 is 0. The molecule has 2 N–H and O–H groups in total. The smallest absolute Gasteiger partial charge is 0.267 e. The van der Waals surface area contributed by atoms with Crippen molar-refractivity contribution < 1.29 is 9.53 Å². The molecule has 2 aromatic rings. The summed E-state index contributed by atoms with van der Waals surface area (Å²) in [5.41, 5.74) is 0.584. The standard InChI is InChI=1S/C15H20N4O2/c1-19-8-7-17-14(19)13-11(4-3-9-21-13)10-18-15(20)12-5-2-6-16-12/h2,5-8,11,13,16H,3-4,9-10H2,1H3,(H,18,20)/t11-,13+/m0/s1. The van der Waals surface area contributed by atoms with Crippen LogP contribution in [0.15, 0.2) is 30.7 Å². The van der Waals surface area contributed by atoms with Crippen LogP contribution in [0.5, 0.6) is 0 Å². The number of aryl methyl sites for hydroxylation is 1. The van der Waals surface area contributed by atoms with Crippen molar-refractivity contribution in [2.75, 3.05) is 13.2 Å². The molecule has 1 aliphatic rings. The van der Waals surface area contributed by atoms with Gasteiger partial charge < -0.3 is 19.6 Å². The summed E-state index contributed by atoms with van der Waals surface area (Å²) in [4.78, 5) is 19.3. The monoisotopic (exact) mass is 288 g/mol. The lowest BCUT2D eigenvalue weighted by atomic mass is 9.93. The SMILES string of the molecule is Cn1ccnc1[C@@H]1OCCC[C@H]1CNC(=O)c1ccc[nH]1. The third-order valence-electron chi connectivity index (χ3n) is 3.93. The van der Waals surface area contributed by atoms with E-state index < -0.39 is 0 Å². The Labute approximate surface area is 123 Å². The van der Waals surface area contributed by atoms with Gasteiger partial charge in [-0.05, 0) is 25.0 Å². The van der Waals surface area contributed by atoms with Crippen LogP contribution in [0.4, 0.5) is 0 Å². The second kappa shape index (κ2) is 6.13. The summed E-state index contributed by atoms with van der Waals surface area (Å²) < 4.78 is 7.88. The molecule has 6 nitrogen and oxygen atoms in total. The predicted molar refractivity (Wildman–Crippen MR) is 77.8 cm³/mol. The predicted octanol–water partition coefficient (Wildman–Crippen LogP) is 1.65. The molecule has 1 fully saturated rings. The molecule has 0 bridgehead atoms. The summed E-state index contributed by atoms with van der Waals surface area (Å²) in [6.07, 6.45) is 7.44. The van der Waals surface area contributed by atoms with Gasteiger partial charge in [0, 0.05) is 44.7 Å². The van der Waals surface area contributed by atoms with E-state index in [1.165, 1.54) is 0 Å². The highest BCUT2D eigenvalue weighted by atomic mass is 16.5. The van der Waals surface area contributed by atoms with E-state index in [-0.39, 0.29) is 17.9 Å². The van der Waals surface area contributed by atoms with Crippen LogP contribution in [0, 0.1) is 5.92 Å². The number of carbonyl (C=O) groups excluding carboxylic acids is 1. The van der Waals surface area contributed by atoms with E-state index in [2.05, 4.69) is 15.3 Å². The molecule has 2 atom stereocenters. The van der Waals surface area contributed by atoms with Gasteiger partial charge in [0.2, 0.25) is 0 Å². The molecular formula is C15H20N4O2. The summed E-state index contributed by atoms with van der Waals surface area (Å²) in [6.45, 7) is 1.34. The molecule has 3 rings (SSSR count). The van der Waals surface area contributed by atoms with Gasteiger partial charge in [-0.1, -0.05) is 0 Å². The lowest BCUT2D eigenvalue weighted by Crippen LogP contribution is -2.36. The summed E-state index contributed by atoms with van der Waals surface area (Å²) in [5.74, 6) is 1.09. The lowest BCUT2D eigenvalue weighted by molar-refractivity contribution is -0.0337. The molecule has 0 aromatic carbocycles. The molecule has 112 valence electrons. The number of imidazole rings is 1. The van der Waals surface area contributed by atoms with Crippen molar-refractivity contribution in [2.24, 2.45) is 13.0 Å². The molecule has 0 aliphatic carbocycles. The van der Waals surface area contributed by atoms with Crippen molar-refractivity contribution in [3.63, 3.8) is 0 Å². The lowest BCUT2D eigenvalue weighted by Gasteiger charge is -2.31. The molecule has 0 radical (unpaired) electrons. The maximum Gasteiger partial charge on any atom is 0.267 e. The Morgan fingerprint density at radius 1 is 1.62 bits per heavy atom. The van der Waals surface area contributed by atoms with Gasteiger partial charge in [-0.3, -0.25) is 4.79 Å². The second-order valence-corrected chi connectivity index (χ2v) is 5.38. The number of H-pyrrole nitrogens is 1. The first kappa shape index (κ1) is 13.9. The fraction of sp³-hybridized carbons (Fsp3) is 0.467. The average molecular weight is 288 g/mol. The van der Waals surface area contributed by atoms with Crippen molar-refractivity contribution in [3.8, 4) is 0 Å². The van der Waals surface area contributed by atoms with Crippen LogP contribution in [-0.4, -0.2) is 33.6 Å². The first-order valence-electron chi connectivity index (χ1n) is 7.26. The number of rotatable bonds is 4. The fourth-order valence-corrected chi connectivity index (χ4v) is 2.78. The molecule has 1 aliphatic heterocycles. The van der Waals surface area contributed by atoms with Gasteiger partial charge in [-0.15, -0.1) is 0 Å². The maximum atomic E-state index is 12.0.